The molecule has 0 N–H and O–H groups in total. The molecule has 3 nitrogen and oxygen atoms in total. The van der Waals surface area contributed by atoms with Gasteiger partial charge in [-0.15, -0.1) is 0 Å². The van der Waals surface area contributed by atoms with E-state index in [0.717, 1.165) is 18.2 Å². The minimum atomic E-state index is -1.39. The van der Waals surface area contributed by atoms with Gasteiger partial charge in [0.25, 0.3) is 0 Å². The predicted molar refractivity (Wildman–Crippen MR) is 57.4 cm³/mol. The Labute approximate surface area is 101 Å². The van der Waals surface area contributed by atoms with Crippen molar-refractivity contribution in [2.45, 2.75) is 0 Å². The first-order chi connectivity index (χ1) is 8.54. The molecule has 0 aromatic heterocycles. The van der Waals surface area contributed by atoms with Gasteiger partial charge >= 0.3 is 0 Å². The van der Waals surface area contributed by atoms with Gasteiger partial charge in [0.05, 0.1) is 0 Å². The molecule has 0 fully saturated rings. The Bertz CT molecular complexity index is 497. The Balaban J connectivity index is 3.33. The lowest BCUT2D eigenvalue weighted by atomic mass is 9.97. The summed E-state index contributed by atoms with van der Waals surface area (Å²) >= 11 is 0. The van der Waals surface area contributed by atoms with E-state index in [4.69, 9.17) is 0 Å². The molecule has 1 rings (SSSR count). The van der Waals surface area contributed by atoms with E-state index < -0.39 is 42.9 Å². The minimum Gasteiger partial charge on any atom is -0.291 e. The summed E-state index contributed by atoms with van der Waals surface area (Å²) in [6.07, 6.45) is 0. The number of benzene rings is 1. The average molecular weight is 258 g/mol. The molecule has 1 aromatic carbocycles. The van der Waals surface area contributed by atoms with Crippen molar-refractivity contribution in [3.8, 4) is 0 Å². The number of hydrogen-bond acceptors (Lipinski definition) is 3. The predicted octanol–water partition coefficient (Wildman–Crippen LogP) is 2.14. The lowest BCUT2D eigenvalue weighted by Gasteiger charge is -2.06. The number of carbonyl (C=O) groups is 3. The summed E-state index contributed by atoms with van der Waals surface area (Å²) in [4.78, 5) is 33.5. The summed E-state index contributed by atoms with van der Waals surface area (Å²) in [7, 11) is 0. The van der Waals surface area contributed by atoms with E-state index in [0.29, 0.717) is 0 Å². The molecule has 0 aliphatic heterocycles. The van der Waals surface area contributed by atoms with Gasteiger partial charge in [0.2, 0.25) is 0 Å². The van der Waals surface area contributed by atoms with Crippen LogP contribution in [0.5, 0.6) is 0 Å². The normalized spacial score (nSPS) is 10.2. The lowest BCUT2D eigenvalue weighted by Crippen LogP contribution is -2.14. The molecule has 0 unspecified atom stereocenters. The van der Waals surface area contributed by atoms with Crippen molar-refractivity contribution < 1.29 is 27.6 Å². The third-order valence-electron chi connectivity index (χ3n) is 2.31. The highest BCUT2D eigenvalue weighted by molar-refractivity contribution is 6.11. The zero-order chi connectivity index (χ0) is 13.7. The lowest BCUT2D eigenvalue weighted by molar-refractivity contribution is 0.0924. The van der Waals surface area contributed by atoms with Crippen LogP contribution in [0.4, 0.5) is 13.2 Å². The fourth-order valence-corrected chi connectivity index (χ4v) is 1.41. The van der Waals surface area contributed by atoms with E-state index in [-0.39, 0.29) is 11.1 Å². The molecule has 0 saturated heterocycles. The molecule has 6 heteroatoms. The molecular formula is C12H9F3O3. The smallest absolute Gasteiger partial charge is 0.194 e. The largest absolute Gasteiger partial charge is 0.291 e. The number of ketones is 3. The molecule has 18 heavy (non-hydrogen) atoms. The van der Waals surface area contributed by atoms with Crippen molar-refractivity contribution in [3.63, 3.8) is 0 Å². The molecule has 96 valence electrons. The fraction of sp³-hybridized carbons (Fsp3) is 0.250. The van der Waals surface area contributed by atoms with Gasteiger partial charge in [0.15, 0.2) is 37.4 Å². The zero-order valence-corrected chi connectivity index (χ0v) is 9.21. The van der Waals surface area contributed by atoms with Gasteiger partial charge in [-0.2, -0.15) is 0 Å². The van der Waals surface area contributed by atoms with Crippen LogP contribution in [0, 0.1) is 0 Å². The second-order valence-corrected chi connectivity index (χ2v) is 3.43. The van der Waals surface area contributed by atoms with Crippen LogP contribution in [0.15, 0.2) is 18.2 Å². The van der Waals surface area contributed by atoms with Crippen LogP contribution in [0.2, 0.25) is 0 Å². The van der Waals surface area contributed by atoms with Crippen LogP contribution in [-0.4, -0.2) is 37.4 Å². The van der Waals surface area contributed by atoms with Gasteiger partial charge in [-0.3, -0.25) is 14.4 Å². The molecule has 0 aliphatic rings. The standard InChI is InChI=1S/C12H9F3O3/c13-4-10(16)7-1-2-8(11(17)5-14)9(3-7)12(18)6-15/h1-3H,4-6H2. The molecule has 0 atom stereocenters. The summed E-state index contributed by atoms with van der Waals surface area (Å²) in [6, 6.07) is 3.03. The highest BCUT2D eigenvalue weighted by atomic mass is 19.1. The molecule has 0 heterocycles. The molecule has 1 aromatic rings. The van der Waals surface area contributed by atoms with Crippen LogP contribution < -0.4 is 0 Å². The molecule has 0 spiro atoms. The van der Waals surface area contributed by atoms with E-state index in [2.05, 4.69) is 0 Å². The van der Waals surface area contributed by atoms with Gasteiger partial charge in [-0.25, -0.2) is 13.2 Å². The Morgan fingerprint density at radius 1 is 0.778 bits per heavy atom. The molecule has 0 aliphatic carbocycles. The van der Waals surface area contributed by atoms with Gasteiger partial charge in [0.1, 0.15) is 0 Å². The zero-order valence-electron chi connectivity index (χ0n) is 9.21. The van der Waals surface area contributed by atoms with Gasteiger partial charge in [-0.05, 0) is 12.1 Å². The van der Waals surface area contributed by atoms with Crippen molar-refractivity contribution in [2.75, 3.05) is 20.0 Å². The van der Waals surface area contributed by atoms with E-state index in [9.17, 15) is 27.6 Å². The number of hydrogen-bond donors (Lipinski definition) is 0. The topological polar surface area (TPSA) is 51.2 Å². The average Bonchev–Trinajstić information content (AvgIpc) is 2.43. The summed E-state index contributed by atoms with van der Waals surface area (Å²) in [5, 5.41) is 0. The molecule has 0 radical (unpaired) electrons. The Hall–Kier alpha value is -1.98. The maximum Gasteiger partial charge on any atom is 0.194 e. The first-order valence-electron chi connectivity index (χ1n) is 4.96. The molecular weight excluding hydrogens is 249 g/mol. The van der Waals surface area contributed by atoms with Crippen molar-refractivity contribution in [1.29, 1.82) is 0 Å². The fourth-order valence-electron chi connectivity index (χ4n) is 1.41. The highest BCUT2D eigenvalue weighted by Crippen LogP contribution is 2.15. The Morgan fingerprint density at radius 2 is 1.28 bits per heavy atom. The van der Waals surface area contributed by atoms with Crippen molar-refractivity contribution >= 4 is 17.3 Å². The van der Waals surface area contributed by atoms with E-state index in [1.165, 1.54) is 0 Å². The third-order valence-corrected chi connectivity index (χ3v) is 2.31. The summed E-state index contributed by atoms with van der Waals surface area (Å²) in [6.45, 7) is -4.01. The first-order valence-corrected chi connectivity index (χ1v) is 4.96. The Kier molecular flexibility index (Phi) is 4.76. The van der Waals surface area contributed by atoms with Crippen LogP contribution in [-0.2, 0) is 0 Å². The number of rotatable bonds is 6. The number of halogens is 3. The molecule has 0 saturated carbocycles. The van der Waals surface area contributed by atoms with Crippen LogP contribution in [0.25, 0.3) is 0 Å². The van der Waals surface area contributed by atoms with Gasteiger partial charge in [-0.1, -0.05) is 6.07 Å². The van der Waals surface area contributed by atoms with E-state index in [1.807, 2.05) is 0 Å². The maximum atomic E-state index is 12.3. The van der Waals surface area contributed by atoms with E-state index >= 15 is 0 Å². The first kappa shape index (κ1) is 14.1. The Morgan fingerprint density at radius 3 is 1.78 bits per heavy atom. The third kappa shape index (κ3) is 2.82. The van der Waals surface area contributed by atoms with Gasteiger partial charge < -0.3 is 0 Å². The van der Waals surface area contributed by atoms with Crippen molar-refractivity contribution in [3.05, 3.63) is 34.9 Å². The molecule has 0 amide bonds. The van der Waals surface area contributed by atoms with E-state index in [1.54, 1.807) is 0 Å². The summed E-state index contributed by atoms with van der Waals surface area (Å²) in [5.41, 5.74) is -0.875. The highest BCUT2D eigenvalue weighted by Gasteiger charge is 2.19. The maximum absolute atomic E-state index is 12.3. The molecule has 0 bridgehead atoms. The van der Waals surface area contributed by atoms with Gasteiger partial charge in [0, 0.05) is 16.7 Å². The van der Waals surface area contributed by atoms with Crippen molar-refractivity contribution in [2.24, 2.45) is 0 Å². The minimum absolute atomic E-state index is 0.162. The quantitative estimate of drug-likeness (QED) is 0.734. The van der Waals surface area contributed by atoms with Crippen LogP contribution in [0.1, 0.15) is 31.1 Å². The second kappa shape index (κ2) is 6.09. The number of Topliss-reactive ketones (excluding diaryl/α,β-unsaturated/α-hetero) is 3. The summed E-state index contributed by atoms with van der Waals surface area (Å²) in [5.74, 6) is -2.95. The van der Waals surface area contributed by atoms with Crippen LogP contribution >= 0.6 is 0 Å². The van der Waals surface area contributed by atoms with Crippen molar-refractivity contribution in [1.82, 2.24) is 0 Å². The second-order valence-electron chi connectivity index (χ2n) is 3.43. The van der Waals surface area contributed by atoms with Crippen LogP contribution in [0.3, 0.4) is 0 Å². The monoisotopic (exact) mass is 258 g/mol. The SMILES string of the molecule is O=C(CF)c1ccc(C(=O)CF)c(C(=O)CF)c1. The number of carbonyl (C=O) groups excluding carboxylic acids is 3. The number of alkyl halides is 3. The summed E-state index contributed by atoms with van der Waals surface area (Å²) < 4.78 is 36.8.